The van der Waals surface area contributed by atoms with Gasteiger partial charge in [0.2, 0.25) is 0 Å². The van der Waals surface area contributed by atoms with Crippen molar-refractivity contribution in [3.63, 3.8) is 0 Å². The molecule has 2 nitrogen and oxygen atoms in total. The summed E-state index contributed by atoms with van der Waals surface area (Å²) in [6.45, 7) is 10.6. The summed E-state index contributed by atoms with van der Waals surface area (Å²) in [5.74, 6) is 2.47. The molecule has 0 aromatic carbocycles. The molecule has 3 unspecified atom stereocenters. The van der Waals surface area contributed by atoms with Crippen LogP contribution in [0.1, 0.15) is 59.8 Å². The number of hydrogen-bond acceptors (Lipinski definition) is 2. The topological polar surface area (TPSA) is 15.3 Å². The predicted molar refractivity (Wildman–Crippen MR) is 85.5 cm³/mol. The van der Waals surface area contributed by atoms with Crippen LogP contribution in [0.4, 0.5) is 0 Å². The molecular weight excluding hydrogens is 232 g/mol. The highest BCUT2D eigenvalue weighted by molar-refractivity contribution is 4.86. The molecule has 0 bridgehead atoms. The Morgan fingerprint density at radius 3 is 2.21 bits per heavy atom. The Hall–Kier alpha value is -0.0800. The maximum absolute atomic E-state index is 4.01. The molecule has 0 aromatic rings. The van der Waals surface area contributed by atoms with E-state index in [1.54, 1.807) is 0 Å². The van der Waals surface area contributed by atoms with Crippen molar-refractivity contribution in [1.29, 1.82) is 0 Å². The molecule has 0 spiro atoms. The van der Waals surface area contributed by atoms with Gasteiger partial charge >= 0.3 is 0 Å². The summed E-state index contributed by atoms with van der Waals surface area (Å²) in [5, 5.41) is 4.01. The van der Waals surface area contributed by atoms with Crippen LogP contribution in [0.5, 0.6) is 0 Å². The van der Waals surface area contributed by atoms with Crippen LogP contribution >= 0.6 is 0 Å². The van der Waals surface area contributed by atoms with E-state index in [0.29, 0.717) is 6.04 Å². The van der Waals surface area contributed by atoms with Crippen LogP contribution in [0.3, 0.4) is 0 Å². The second-order valence-electron chi connectivity index (χ2n) is 7.55. The molecular formula is C17H36N2. The van der Waals surface area contributed by atoms with E-state index in [-0.39, 0.29) is 0 Å². The molecule has 1 N–H and O–H groups in total. The lowest BCUT2D eigenvalue weighted by Gasteiger charge is -2.38. The Labute approximate surface area is 121 Å². The zero-order valence-corrected chi connectivity index (χ0v) is 14.1. The van der Waals surface area contributed by atoms with Gasteiger partial charge < -0.3 is 10.2 Å². The van der Waals surface area contributed by atoms with Crippen molar-refractivity contribution in [1.82, 2.24) is 10.2 Å². The first-order valence-electron chi connectivity index (χ1n) is 8.31. The van der Waals surface area contributed by atoms with Crippen molar-refractivity contribution >= 4 is 0 Å². The van der Waals surface area contributed by atoms with Gasteiger partial charge in [-0.2, -0.15) is 0 Å². The average Bonchev–Trinajstić information content (AvgIpc) is 2.27. The van der Waals surface area contributed by atoms with E-state index in [4.69, 9.17) is 0 Å². The van der Waals surface area contributed by atoms with E-state index >= 15 is 0 Å². The van der Waals surface area contributed by atoms with Gasteiger partial charge in [0.1, 0.15) is 0 Å². The first-order valence-corrected chi connectivity index (χ1v) is 8.31. The molecule has 1 fully saturated rings. The number of likely N-dealkylation sites (N-methyl/N-ethyl adjacent to an activating group) is 1. The van der Waals surface area contributed by atoms with Crippen LogP contribution in [-0.2, 0) is 0 Å². The fourth-order valence-electron chi connectivity index (χ4n) is 3.67. The minimum absolute atomic E-state index is 0.652. The minimum atomic E-state index is 0.652. The highest BCUT2D eigenvalue weighted by atomic mass is 15.1. The van der Waals surface area contributed by atoms with Crippen molar-refractivity contribution in [3.8, 4) is 0 Å². The van der Waals surface area contributed by atoms with Crippen LogP contribution in [0.25, 0.3) is 0 Å². The summed E-state index contributed by atoms with van der Waals surface area (Å²) in [6.07, 6.45) is 6.94. The van der Waals surface area contributed by atoms with Gasteiger partial charge in [-0.3, -0.25) is 0 Å². The van der Waals surface area contributed by atoms with Crippen LogP contribution in [0.2, 0.25) is 0 Å². The van der Waals surface area contributed by atoms with Crippen molar-refractivity contribution in [2.75, 3.05) is 20.6 Å². The standard InChI is InChI=1S/C17H36N2/c1-13(2)11-15(12-19(5)6)18-17-10-8-7-9-16(17)14(3)4/h13-18H,7-12H2,1-6H3. The summed E-state index contributed by atoms with van der Waals surface area (Å²) in [5.41, 5.74) is 0. The molecule has 0 radical (unpaired) electrons. The summed E-state index contributed by atoms with van der Waals surface area (Å²) >= 11 is 0. The molecule has 1 rings (SSSR count). The van der Waals surface area contributed by atoms with Gasteiger partial charge in [0.25, 0.3) is 0 Å². The molecule has 3 atom stereocenters. The molecule has 0 aliphatic heterocycles. The zero-order chi connectivity index (χ0) is 14.4. The quantitative estimate of drug-likeness (QED) is 0.756. The highest BCUT2D eigenvalue weighted by Crippen LogP contribution is 2.30. The SMILES string of the molecule is CC(C)CC(CN(C)C)NC1CCCCC1C(C)C. The first-order chi connectivity index (χ1) is 8.90. The Balaban J connectivity index is 2.58. The Morgan fingerprint density at radius 1 is 1.05 bits per heavy atom. The van der Waals surface area contributed by atoms with E-state index in [1.165, 1.54) is 38.6 Å². The molecule has 1 saturated carbocycles. The smallest absolute Gasteiger partial charge is 0.0199 e. The largest absolute Gasteiger partial charge is 0.310 e. The molecule has 1 aliphatic carbocycles. The summed E-state index contributed by atoms with van der Waals surface area (Å²) in [6, 6.07) is 1.40. The Kier molecular flexibility index (Phi) is 7.38. The molecule has 114 valence electrons. The fraction of sp³-hybridized carbons (Fsp3) is 1.00. The van der Waals surface area contributed by atoms with Crippen LogP contribution in [0.15, 0.2) is 0 Å². The van der Waals surface area contributed by atoms with Crippen LogP contribution in [-0.4, -0.2) is 37.6 Å². The van der Waals surface area contributed by atoms with E-state index < -0.39 is 0 Å². The molecule has 0 saturated heterocycles. The maximum Gasteiger partial charge on any atom is 0.0199 e. The second kappa shape index (κ2) is 8.26. The second-order valence-corrected chi connectivity index (χ2v) is 7.55. The normalized spacial score (nSPS) is 26.4. The maximum atomic E-state index is 4.01. The molecule has 1 aliphatic rings. The third kappa shape index (κ3) is 6.27. The van der Waals surface area contributed by atoms with Gasteiger partial charge in [-0.05, 0) is 51.1 Å². The molecule has 0 amide bonds. The third-order valence-corrected chi connectivity index (χ3v) is 4.47. The lowest BCUT2D eigenvalue weighted by molar-refractivity contribution is 0.174. The molecule has 0 heterocycles. The van der Waals surface area contributed by atoms with Gasteiger partial charge in [0, 0.05) is 18.6 Å². The molecule has 0 aromatic heterocycles. The van der Waals surface area contributed by atoms with Gasteiger partial charge in [0.15, 0.2) is 0 Å². The average molecular weight is 268 g/mol. The van der Waals surface area contributed by atoms with Gasteiger partial charge in [-0.1, -0.05) is 40.5 Å². The van der Waals surface area contributed by atoms with Crippen molar-refractivity contribution < 1.29 is 0 Å². The van der Waals surface area contributed by atoms with Crippen molar-refractivity contribution in [2.24, 2.45) is 17.8 Å². The summed E-state index contributed by atoms with van der Waals surface area (Å²) in [7, 11) is 4.38. The van der Waals surface area contributed by atoms with Crippen LogP contribution < -0.4 is 5.32 Å². The van der Waals surface area contributed by atoms with Gasteiger partial charge in [-0.25, -0.2) is 0 Å². The summed E-state index contributed by atoms with van der Waals surface area (Å²) < 4.78 is 0. The number of nitrogens with zero attached hydrogens (tertiary/aromatic N) is 1. The Bertz CT molecular complexity index is 225. The number of hydrogen-bond donors (Lipinski definition) is 1. The Morgan fingerprint density at radius 2 is 1.68 bits per heavy atom. The van der Waals surface area contributed by atoms with E-state index in [0.717, 1.165) is 23.8 Å². The number of nitrogens with one attached hydrogen (secondary N) is 1. The first kappa shape index (κ1) is 17.0. The monoisotopic (exact) mass is 268 g/mol. The lowest BCUT2D eigenvalue weighted by Crippen LogP contribution is -2.49. The predicted octanol–water partition coefficient (Wildman–Crippen LogP) is 3.77. The highest BCUT2D eigenvalue weighted by Gasteiger charge is 2.29. The van der Waals surface area contributed by atoms with Gasteiger partial charge in [-0.15, -0.1) is 0 Å². The van der Waals surface area contributed by atoms with Gasteiger partial charge in [0.05, 0.1) is 0 Å². The van der Waals surface area contributed by atoms with E-state index in [9.17, 15) is 0 Å². The zero-order valence-electron chi connectivity index (χ0n) is 14.1. The van der Waals surface area contributed by atoms with E-state index in [2.05, 4.69) is 52.0 Å². The fourth-order valence-corrected chi connectivity index (χ4v) is 3.67. The van der Waals surface area contributed by atoms with Crippen molar-refractivity contribution in [3.05, 3.63) is 0 Å². The number of rotatable bonds is 7. The van der Waals surface area contributed by atoms with Crippen molar-refractivity contribution in [2.45, 2.75) is 71.9 Å². The third-order valence-electron chi connectivity index (χ3n) is 4.47. The summed E-state index contributed by atoms with van der Waals surface area (Å²) in [4.78, 5) is 2.33. The molecule has 19 heavy (non-hydrogen) atoms. The molecule has 2 heteroatoms. The van der Waals surface area contributed by atoms with E-state index in [1.807, 2.05) is 0 Å². The lowest BCUT2D eigenvalue weighted by atomic mass is 9.77. The van der Waals surface area contributed by atoms with Crippen LogP contribution in [0, 0.1) is 17.8 Å². The minimum Gasteiger partial charge on any atom is -0.310 e.